The number of ether oxygens (including phenoxy) is 1. The van der Waals surface area contributed by atoms with Gasteiger partial charge < -0.3 is 4.74 Å². The van der Waals surface area contributed by atoms with Crippen LogP contribution in [0.25, 0.3) is 0 Å². The molecule has 0 aromatic rings. The molecule has 0 radical (unpaired) electrons. The largest absolute Gasteiger partial charge is 0.455 e. The topological polar surface area (TPSA) is 26.3 Å². The number of carbonyl (C=O) groups excluding carboxylic acids is 1. The van der Waals surface area contributed by atoms with Gasteiger partial charge in [-0.1, -0.05) is 25.0 Å². The van der Waals surface area contributed by atoms with Crippen molar-refractivity contribution >= 4 is 5.97 Å². The second-order valence-corrected chi connectivity index (χ2v) is 4.49. The van der Waals surface area contributed by atoms with Crippen LogP contribution in [0.5, 0.6) is 0 Å². The van der Waals surface area contributed by atoms with Gasteiger partial charge in [0.25, 0.3) is 0 Å². The summed E-state index contributed by atoms with van der Waals surface area (Å²) in [4.78, 5) is 11.2. The van der Waals surface area contributed by atoms with Gasteiger partial charge in [-0.25, -0.2) is 4.79 Å². The Morgan fingerprint density at radius 1 is 1.47 bits per heavy atom. The molecular formula is C13H20O2. The molecule has 1 fully saturated rings. The maximum absolute atomic E-state index is 11.2. The van der Waals surface area contributed by atoms with E-state index in [2.05, 4.69) is 20.4 Å². The number of hydrogen-bond donors (Lipinski definition) is 0. The Hall–Kier alpha value is -1.05. The molecule has 1 aliphatic carbocycles. The lowest BCUT2D eigenvalue weighted by molar-refractivity contribution is -0.141. The molecule has 2 nitrogen and oxygen atoms in total. The van der Waals surface area contributed by atoms with E-state index >= 15 is 0 Å². The monoisotopic (exact) mass is 208 g/mol. The Morgan fingerprint density at radius 3 is 2.47 bits per heavy atom. The first-order valence-corrected chi connectivity index (χ1v) is 5.51. The maximum atomic E-state index is 11.2. The Balaban J connectivity index is 2.63. The first-order valence-electron chi connectivity index (χ1n) is 5.51. The third kappa shape index (κ3) is 3.90. The van der Waals surface area contributed by atoms with Crippen molar-refractivity contribution in [3.63, 3.8) is 0 Å². The lowest BCUT2D eigenvalue weighted by Crippen LogP contribution is -2.19. The zero-order chi connectivity index (χ0) is 11.4. The molecule has 1 aliphatic rings. The fraction of sp³-hybridized carbons (Fsp3) is 0.615. The Kier molecular flexibility index (Phi) is 4.13. The fourth-order valence-electron chi connectivity index (χ4n) is 1.48. The van der Waals surface area contributed by atoms with Gasteiger partial charge in [-0.05, 0) is 38.7 Å². The van der Waals surface area contributed by atoms with E-state index in [-0.39, 0.29) is 12.1 Å². The zero-order valence-corrected chi connectivity index (χ0v) is 9.88. The summed E-state index contributed by atoms with van der Waals surface area (Å²) in [7, 11) is 0. The molecule has 0 spiro atoms. The first kappa shape index (κ1) is 12.0. The van der Waals surface area contributed by atoms with E-state index in [4.69, 9.17) is 4.74 Å². The summed E-state index contributed by atoms with van der Waals surface area (Å²) in [6.07, 6.45) is 4.71. The van der Waals surface area contributed by atoms with Crippen LogP contribution < -0.4 is 0 Å². The predicted octanol–water partition coefficient (Wildman–Crippen LogP) is 3.24. The molecule has 84 valence electrons. The molecule has 1 atom stereocenters. The van der Waals surface area contributed by atoms with Crippen LogP contribution in [0, 0.1) is 5.92 Å². The van der Waals surface area contributed by atoms with E-state index in [0.717, 1.165) is 12.3 Å². The van der Waals surface area contributed by atoms with Crippen molar-refractivity contribution < 1.29 is 9.53 Å². The van der Waals surface area contributed by atoms with Crippen molar-refractivity contribution in [1.82, 2.24) is 0 Å². The highest BCUT2D eigenvalue weighted by molar-refractivity contribution is 5.81. The summed E-state index contributed by atoms with van der Waals surface area (Å²) in [5, 5.41) is 0. The summed E-state index contributed by atoms with van der Waals surface area (Å²) in [5.74, 6) is 0.433. The third-order valence-electron chi connectivity index (χ3n) is 2.94. The molecular weight excluding hydrogens is 188 g/mol. The van der Waals surface area contributed by atoms with Gasteiger partial charge in [0.1, 0.15) is 6.10 Å². The summed E-state index contributed by atoms with van der Waals surface area (Å²) >= 11 is 0. The minimum absolute atomic E-state index is 0.0481. The molecule has 0 heterocycles. The van der Waals surface area contributed by atoms with E-state index in [9.17, 15) is 4.79 Å². The zero-order valence-electron chi connectivity index (χ0n) is 9.88. The van der Waals surface area contributed by atoms with Crippen molar-refractivity contribution in [2.24, 2.45) is 5.92 Å². The molecule has 0 aliphatic heterocycles. The molecule has 0 aromatic carbocycles. The lowest BCUT2D eigenvalue weighted by Gasteiger charge is -2.19. The minimum atomic E-state index is -0.318. The van der Waals surface area contributed by atoms with E-state index in [1.165, 1.54) is 30.1 Å². The minimum Gasteiger partial charge on any atom is -0.455 e. The lowest BCUT2D eigenvalue weighted by atomic mass is 10.0. The Bertz CT molecular complexity index is 281. The molecule has 1 saturated carbocycles. The van der Waals surface area contributed by atoms with Gasteiger partial charge >= 0.3 is 5.97 Å². The normalized spacial score (nSPS) is 16.7. The highest BCUT2D eigenvalue weighted by Crippen LogP contribution is 2.36. The van der Waals surface area contributed by atoms with Crippen LogP contribution in [-0.4, -0.2) is 12.1 Å². The number of allylic oxidation sites excluding steroid dienone is 1. The van der Waals surface area contributed by atoms with Crippen LogP contribution in [0.15, 0.2) is 23.8 Å². The standard InChI is InChI=1S/C13H20O2/c1-5-13(14)15-12(8-11-6-7-11)10(4)9(2)3/h5,11-12H,1,6-8H2,2-4H3. The van der Waals surface area contributed by atoms with Crippen LogP contribution >= 0.6 is 0 Å². The van der Waals surface area contributed by atoms with Crippen molar-refractivity contribution in [2.75, 3.05) is 0 Å². The molecule has 15 heavy (non-hydrogen) atoms. The van der Waals surface area contributed by atoms with E-state index in [0.29, 0.717) is 0 Å². The highest BCUT2D eigenvalue weighted by Gasteiger charge is 2.28. The summed E-state index contributed by atoms with van der Waals surface area (Å²) in [6, 6.07) is 0. The smallest absolute Gasteiger partial charge is 0.330 e. The number of esters is 1. The van der Waals surface area contributed by atoms with Gasteiger partial charge in [0.15, 0.2) is 0 Å². The number of carbonyl (C=O) groups is 1. The molecule has 0 amide bonds. The van der Waals surface area contributed by atoms with Crippen LogP contribution in [-0.2, 0) is 9.53 Å². The van der Waals surface area contributed by atoms with Crippen molar-refractivity contribution in [2.45, 2.75) is 46.1 Å². The van der Waals surface area contributed by atoms with E-state index < -0.39 is 0 Å². The van der Waals surface area contributed by atoms with Crippen molar-refractivity contribution in [3.05, 3.63) is 23.8 Å². The average molecular weight is 208 g/mol. The summed E-state index contributed by atoms with van der Waals surface area (Å²) in [5.41, 5.74) is 2.41. The second kappa shape index (κ2) is 5.15. The van der Waals surface area contributed by atoms with Gasteiger partial charge in [-0.3, -0.25) is 0 Å². The quantitative estimate of drug-likeness (QED) is 0.394. The fourth-order valence-corrected chi connectivity index (χ4v) is 1.48. The van der Waals surface area contributed by atoms with Gasteiger partial charge in [0.2, 0.25) is 0 Å². The van der Waals surface area contributed by atoms with Gasteiger partial charge in [-0.15, -0.1) is 0 Å². The first-order chi connectivity index (χ1) is 7.04. The van der Waals surface area contributed by atoms with Crippen LogP contribution in [0.4, 0.5) is 0 Å². The molecule has 0 saturated heterocycles. The molecule has 0 bridgehead atoms. The molecule has 0 aromatic heterocycles. The number of rotatable bonds is 5. The third-order valence-corrected chi connectivity index (χ3v) is 2.94. The Labute approximate surface area is 92.0 Å². The van der Waals surface area contributed by atoms with Gasteiger partial charge in [-0.2, -0.15) is 0 Å². The SMILES string of the molecule is C=CC(=O)OC(CC1CC1)C(C)=C(C)C. The van der Waals surface area contributed by atoms with Crippen LogP contribution in [0.2, 0.25) is 0 Å². The number of hydrogen-bond acceptors (Lipinski definition) is 2. The van der Waals surface area contributed by atoms with Gasteiger partial charge in [0.05, 0.1) is 0 Å². The summed E-state index contributed by atoms with van der Waals surface area (Å²) in [6.45, 7) is 9.57. The van der Waals surface area contributed by atoms with Crippen molar-refractivity contribution in [3.8, 4) is 0 Å². The van der Waals surface area contributed by atoms with E-state index in [1.54, 1.807) is 0 Å². The van der Waals surface area contributed by atoms with Gasteiger partial charge in [0, 0.05) is 6.08 Å². The van der Waals surface area contributed by atoms with Crippen molar-refractivity contribution in [1.29, 1.82) is 0 Å². The highest BCUT2D eigenvalue weighted by atomic mass is 16.5. The molecule has 1 rings (SSSR count). The Morgan fingerprint density at radius 2 is 2.07 bits per heavy atom. The summed E-state index contributed by atoms with van der Waals surface area (Å²) < 4.78 is 5.36. The maximum Gasteiger partial charge on any atom is 0.330 e. The molecule has 0 N–H and O–H groups in total. The van der Waals surface area contributed by atoms with Crippen LogP contribution in [0.1, 0.15) is 40.0 Å². The average Bonchev–Trinajstić information content (AvgIpc) is 2.99. The molecule has 1 unspecified atom stereocenters. The van der Waals surface area contributed by atoms with Crippen LogP contribution in [0.3, 0.4) is 0 Å². The predicted molar refractivity (Wildman–Crippen MR) is 61.5 cm³/mol. The second-order valence-electron chi connectivity index (χ2n) is 4.49. The molecule has 2 heteroatoms. The van der Waals surface area contributed by atoms with E-state index in [1.807, 2.05) is 6.92 Å².